The molecule has 6 nitrogen and oxygen atoms in total. The van der Waals surface area contributed by atoms with Gasteiger partial charge in [-0.25, -0.2) is 9.18 Å². The molecule has 0 aromatic heterocycles. The van der Waals surface area contributed by atoms with E-state index in [1.165, 1.54) is 12.1 Å². The van der Waals surface area contributed by atoms with Crippen molar-refractivity contribution >= 4 is 11.9 Å². The number of amides is 3. The molecule has 2 aromatic rings. The van der Waals surface area contributed by atoms with Crippen LogP contribution < -0.4 is 15.4 Å². The van der Waals surface area contributed by atoms with E-state index in [0.29, 0.717) is 25.4 Å². The van der Waals surface area contributed by atoms with Crippen molar-refractivity contribution in [3.8, 4) is 5.75 Å². The van der Waals surface area contributed by atoms with E-state index in [2.05, 4.69) is 10.6 Å². The van der Waals surface area contributed by atoms with E-state index in [1.54, 1.807) is 31.0 Å². The maximum Gasteiger partial charge on any atom is 0.321 e. The fourth-order valence-corrected chi connectivity index (χ4v) is 2.59. The molecule has 0 aliphatic heterocycles. The second-order valence-electron chi connectivity index (χ2n) is 5.94. The first-order valence-corrected chi connectivity index (χ1v) is 8.73. The number of likely N-dealkylation sites (N-methyl/N-ethyl adjacent to an activating group) is 1. The summed E-state index contributed by atoms with van der Waals surface area (Å²) in [6.45, 7) is 2.94. The summed E-state index contributed by atoms with van der Waals surface area (Å²) in [5.41, 5.74) is 0.767. The molecule has 0 fully saturated rings. The molecular weight excluding hydrogens is 349 g/mol. The predicted octanol–water partition coefficient (Wildman–Crippen LogP) is 2.72. The Bertz CT molecular complexity index is 738. The Labute approximate surface area is 158 Å². The van der Waals surface area contributed by atoms with Crippen molar-refractivity contribution in [1.29, 1.82) is 0 Å². The summed E-state index contributed by atoms with van der Waals surface area (Å²) >= 11 is 0. The number of carbonyl (C=O) groups excluding carboxylic acids is 2. The van der Waals surface area contributed by atoms with Crippen LogP contribution in [0.3, 0.4) is 0 Å². The van der Waals surface area contributed by atoms with E-state index in [1.807, 2.05) is 30.3 Å². The molecule has 7 heteroatoms. The second-order valence-corrected chi connectivity index (χ2v) is 5.94. The van der Waals surface area contributed by atoms with Crippen LogP contribution in [-0.4, -0.2) is 43.6 Å². The van der Waals surface area contributed by atoms with Crippen LogP contribution in [0, 0.1) is 5.82 Å². The van der Waals surface area contributed by atoms with E-state index < -0.39 is 18.0 Å². The smallest absolute Gasteiger partial charge is 0.321 e. The number of ether oxygens (including phenoxy) is 1. The number of nitrogens with zero attached hydrogens (tertiary/aromatic N) is 1. The zero-order valence-corrected chi connectivity index (χ0v) is 15.4. The molecule has 3 amide bonds. The molecule has 0 saturated carbocycles. The largest absolute Gasteiger partial charge is 0.492 e. The quantitative estimate of drug-likeness (QED) is 0.746. The molecule has 0 saturated heterocycles. The number of hydrogen-bond acceptors (Lipinski definition) is 4. The van der Waals surface area contributed by atoms with Gasteiger partial charge in [-0.2, -0.15) is 0 Å². The number of imide groups is 1. The Morgan fingerprint density at radius 2 is 1.78 bits per heavy atom. The molecule has 0 spiro atoms. The Morgan fingerprint density at radius 1 is 1.11 bits per heavy atom. The molecule has 0 aliphatic rings. The zero-order valence-electron chi connectivity index (χ0n) is 15.4. The molecule has 0 heterocycles. The number of urea groups is 1. The third-order valence-electron chi connectivity index (χ3n) is 3.90. The van der Waals surface area contributed by atoms with Crippen molar-refractivity contribution in [3.05, 3.63) is 66.0 Å². The van der Waals surface area contributed by atoms with E-state index in [9.17, 15) is 14.0 Å². The minimum Gasteiger partial charge on any atom is -0.492 e. The van der Waals surface area contributed by atoms with Gasteiger partial charge in [-0.1, -0.05) is 30.3 Å². The maximum absolute atomic E-state index is 12.9. The topological polar surface area (TPSA) is 70.7 Å². The van der Waals surface area contributed by atoms with Gasteiger partial charge in [0, 0.05) is 13.1 Å². The van der Waals surface area contributed by atoms with Gasteiger partial charge in [-0.15, -0.1) is 0 Å². The molecule has 1 atom stereocenters. The SMILES string of the molecule is CCNC(=O)NC(=O)C(c1ccccc1)N(C)CCOc1ccc(F)cc1. The van der Waals surface area contributed by atoms with E-state index >= 15 is 0 Å². The first kappa shape index (κ1) is 20.4. The Hall–Kier alpha value is -2.93. The van der Waals surface area contributed by atoms with Gasteiger partial charge in [0.2, 0.25) is 5.91 Å². The van der Waals surface area contributed by atoms with Gasteiger partial charge in [0.05, 0.1) is 0 Å². The highest BCUT2D eigenvalue weighted by Crippen LogP contribution is 2.19. The molecule has 0 radical (unpaired) electrons. The molecule has 0 bridgehead atoms. The number of benzene rings is 2. The summed E-state index contributed by atoms with van der Waals surface area (Å²) in [7, 11) is 1.78. The van der Waals surface area contributed by atoms with Crippen LogP contribution in [0.25, 0.3) is 0 Å². The minimum atomic E-state index is -0.648. The van der Waals surface area contributed by atoms with Crippen LogP contribution in [0.4, 0.5) is 9.18 Å². The Morgan fingerprint density at radius 3 is 2.41 bits per heavy atom. The fourth-order valence-electron chi connectivity index (χ4n) is 2.59. The third kappa shape index (κ3) is 6.38. The zero-order chi connectivity index (χ0) is 19.6. The Kier molecular flexibility index (Phi) is 7.76. The fraction of sp³-hybridized carbons (Fsp3) is 0.300. The first-order chi connectivity index (χ1) is 13.0. The number of halogens is 1. The second kappa shape index (κ2) is 10.3. The summed E-state index contributed by atoms with van der Waals surface area (Å²) in [6, 6.07) is 13.8. The van der Waals surface area contributed by atoms with Crippen LogP contribution in [0.1, 0.15) is 18.5 Å². The molecule has 2 N–H and O–H groups in total. The van der Waals surface area contributed by atoms with Gasteiger partial charge >= 0.3 is 6.03 Å². The van der Waals surface area contributed by atoms with Crippen LogP contribution in [-0.2, 0) is 4.79 Å². The van der Waals surface area contributed by atoms with E-state index in [4.69, 9.17) is 4.74 Å². The molecule has 0 aliphatic carbocycles. The van der Waals surface area contributed by atoms with Crippen molar-refractivity contribution < 1.29 is 18.7 Å². The van der Waals surface area contributed by atoms with Gasteiger partial charge < -0.3 is 10.1 Å². The molecule has 27 heavy (non-hydrogen) atoms. The minimum absolute atomic E-state index is 0.305. The van der Waals surface area contributed by atoms with Gasteiger partial charge in [0.25, 0.3) is 0 Å². The lowest BCUT2D eigenvalue weighted by atomic mass is 10.0. The number of carbonyl (C=O) groups is 2. The van der Waals surface area contributed by atoms with Gasteiger partial charge in [-0.05, 0) is 43.8 Å². The van der Waals surface area contributed by atoms with Crippen molar-refractivity contribution in [1.82, 2.24) is 15.5 Å². The molecule has 2 aromatic carbocycles. The third-order valence-corrected chi connectivity index (χ3v) is 3.90. The average molecular weight is 373 g/mol. The van der Waals surface area contributed by atoms with Crippen molar-refractivity contribution in [3.63, 3.8) is 0 Å². The lowest BCUT2D eigenvalue weighted by Gasteiger charge is -2.27. The summed E-state index contributed by atoms with van der Waals surface area (Å²) in [4.78, 5) is 26.2. The summed E-state index contributed by atoms with van der Waals surface area (Å²) in [5.74, 6) is -0.199. The highest BCUT2D eigenvalue weighted by molar-refractivity contribution is 5.97. The summed E-state index contributed by atoms with van der Waals surface area (Å²) in [5, 5.41) is 4.91. The standard InChI is InChI=1S/C20H24FN3O3/c1-3-22-20(26)23-19(25)18(15-7-5-4-6-8-15)24(2)13-14-27-17-11-9-16(21)10-12-17/h4-12,18H,3,13-14H2,1-2H3,(H2,22,23,25,26). The van der Waals surface area contributed by atoms with Crippen molar-refractivity contribution in [2.24, 2.45) is 0 Å². The number of hydrogen-bond donors (Lipinski definition) is 2. The monoisotopic (exact) mass is 373 g/mol. The summed E-state index contributed by atoms with van der Waals surface area (Å²) < 4.78 is 18.5. The van der Waals surface area contributed by atoms with E-state index in [0.717, 1.165) is 5.56 Å². The molecule has 144 valence electrons. The lowest BCUT2D eigenvalue weighted by Crippen LogP contribution is -2.46. The average Bonchev–Trinajstić information content (AvgIpc) is 2.64. The van der Waals surface area contributed by atoms with Crippen molar-refractivity contribution in [2.75, 3.05) is 26.7 Å². The normalized spacial score (nSPS) is 11.7. The van der Waals surface area contributed by atoms with E-state index in [-0.39, 0.29) is 5.82 Å². The first-order valence-electron chi connectivity index (χ1n) is 8.73. The van der Waals surface area contributed by atoms with Crippen LogP contribution in [0.5, 0.6) is 5.75 Å². The van der Waals surface area contributed by atoms with Crippen LogP contribution in [0.15, 0.2) is 54.6 Å². The van der Waals surface area contributed by atoms with Gasteiger partial charge in [0.15, 0.2) is 0 Å². The summed E-state index contributed by atoms with van der Waals surface area (Å²) in [6.07, 6.45) is 0. The van der Waals surface area contributed by atoms with Gasteiger partial charge in [-0.3, -0.25) is 15.0 Å². The Balaban J connectivity index is 2.02. The van der Waals surface area contributed by atoms with Crippen LogP contribution >= 0.6 is 0 Å². The van der Waals surface area contributed by atoms with Crippen molar-refractivity contribution in [2.45, 2.75) is 13.0 Å². The highest BCUT2D eigenvalue weighted by Gasteiger charge is 2.26. The number of rotatable bonds is 8. The predicted molar refractivity (Wildman–Crippen MR) is 101 cm³/mol. The lowest BCUT2D eigenvalue weighted by molar-refractivity contribution is -0.125. The number of nitrogens with one attached hydrogen (secondary N) is 2. The molecule has 2 rings (SSSR count). The molecule has 1 unspecified atom stereocenters. The van der Waals surface area contributed by atoms with Gasteiger partial charge in [0.1, 0.15) is 24.2 Å². The molecular formula is C20H24FN3O3. The van der Waals surface area contributed by atoms with Crippen LogP contribution in [0.2, 0.25) is 0 Å². The maximum atomic E-state index is 12.9. The highest BCUT2D eigenvalue weighted by atomic mass is 19.1.